The molecule has 2 aliphatic rings. The van der Waals surface area contributed by atoms with Gasteiger partial charge >= 0.3 is 0 Å². The molecule has 154 valence electrons. The summed E-state index contributed by atoms with van der Waals surface area (Å²) in [7, 11) is 0. The van der Waals surface area contributed by atoms with Crippen molar-refractivity contribution in [2.45, 2.75) is 89.4 Å². The average molecular weight is 448 g/mol. The third-order valence-corrected chi connectivity index (χ3v) is 7.69. The second-order valence-corrected chi connectivity index (χ2v) is 9.81. The van der Waals surface area contributed by atoms with E-state index < -0.39 is 0 Å². The molecule has 0 saturated heterocycles. The third kappa shape index (κ3) is 4.53. The van der Waals surface area contributed by atoms with Crippen LogP contribution in [0.3, 0.4) is 0 Å². The molecule has 1 fully saturated rings. The number of hydrogen-bond donors (Lipinski definition) is 0. The highest BCUT2D eigenvalue weighted by Crippen LogP contribution is 2.38. The van der Waals surface area contributed by atoms with Gasteiger partial charge in [0.2, 0.25) is 5.91 Å². The molecule has 1 saturated carbocycles. The summed E-state index contributed by atoms with van der Waals surface area (Å²) >= 11 is 3.46. The highest BCUT2D eigenvalue weighted by Gasteiger charge is 2.36. The van der Waals surface area contributed by atoms with E-state index in [0.717, 1.165) is 48.4 Å². The van der Waals surface area contributed by atoms with Crippen LogP contribution >= 0.6 is 15.9 Å². The van der Waals surface area contributed by atoms with Crippen molar-refractivity contribution in [3.63, 3.8) is 0 Å². The van der Waals surface area contributed by atoms with Crippen molar-refractivity contribution >= 4 is 33.3 Å². The Morgan fingerprint density at radius 3 is 2.54 bits per heavy atom. The number of carbonyl (C=O) groups is 2. The molecule has 1 aliphatic heterocycles. The predicted octanol–water partition coefficient (Wildman–Crippen LogP) is 6.32. The van der Waals surface area contributed by atoms with Gasteiger partial charge in [-0.1, -0.05) is 49.0 Å². The maximum absolute atomic E-state index is 13.3. The van der Waals surface area contributed by atoms with Gasteiger partial charge in [0, 0.05) is 23.2 Å². The predicted molar refractivity (Wildman–Crippen MR) is 119 cm³/mol. The van der Waals surface area contributed by atoms with E-state index in [-0.39, 0.29) is 22.6 Å². The number of unbranched alkanes of at least 4 members (excludes halogenated alkanes) is 1. The molecule has 1 aromatic carbocycles. The number of halogens is 1. The van der Waals surface area contributed by atoms with Crippen LogP contribution in [-0.2, 0) is 11.2 Å². The summed E-state index contributed by atoms with van der Waals surface area (Å²) in [6.07, 6.45) is 9.97. The lowest BCUT2D eigenvalue weighted by Gasteiger charge is -2.32. The van der Waals surface area contributed by atoms with Crippen LogP contribution in [0.25, 0.3) is 0 Å². The van der Waals surface area contributed by atoms with Crippen LogP contribution in [0.15, 0.2) is 18.2 Å². The first-order valence-corrected chi connectivity index (χ1v) is 12.0. The molecule has 0 aromatic heterocycles. The van der Waals surface area contributed by atoms with Gasteiger partial charge in [-0.2, -0.15) is 0 Å². The van der Waals surface area contributed by atoms with Gasteiger partial charge in [0.1, 0.15) is 0 Å². The van der Waals surface area contributed by atoms with Crippen molar-refractivity contribution in [1.82, 2.24) is 0 Å². The Kier molecular flexibility index (Phi) is 7.36. The molecule has 0 radical (unpaired) electrons. The highest BCUT2D eigenvalue weighted by atomic mass is 79.9. The van der Waals surface area contributed by atoms with Crippen LogP contribution in [0.5, 0.6) is 0 Å². The molecule has 28 heavy (non-hydrogen) atoms. The van der Waals surface area contributed by atoms with Gasteiger partial charge < -0.3 is 4.90 Å². The van der Waals surface area contributed by atoms with Crippen molar-refractivity contribution in [1.29, 1.82) is 0 Å². The van der Waals surface area contributed by atoms with Gasteiger partial charge in [0.25, 0.3) is 0 Å². The first-order valence-electron chi connectivity index (χ1n) is 11.1. The molecule has 0 bridgehead atoms. The Bertz CT molecular complexity index is 709. The molecular formula is C24H34BrNO2. The number of hydrogen-bond acceptors (Lipinski definition) is 2. The van der Waals surface area contributed by atoms with E-state index in [9.17, 15) is 9.59 Å². The van der Waals surface area contributed by atoms with E-state index >= 15 is 0 Å². The van der Waals surface area contributed by atoms with Crippen LogP contribution in [0.4, 0.5) is 5.69 Å². The molecule has 0 N–H and O–H groups in total. The fourth-order valence-electron chi connectivity index (χ4n) is 4.87. The average Bonchev–Trinajstić information content (AvgIpc) is 3.05. The highest BCUT2D eigenvalue weighted by molar-refractivity contribution is 9.10. The lowest BCUT2D eigenvalue weighted by atomic mass is 9.79. The number of nitrogens with zero attached hydrogens (tertiary/aromatic N) is 1. The molecule has 3 nitrogen and oxygen atoms in total. The van der Waals surface area contributed by atoms with E-state index in [1.165, 1.54) is 32.1 Å². The minimum absolute atomic E-state index is 0.133. The number of amides is 1. The van der Waals surface area contributed by atoms with Crippen molar-refractivity contribution in [3.8, 4) is 0 Å². The number of anilines is 1. The maximum Gasteiger partial charge on any atom is 0.230 e. The monoisotopic (exact) mass is 447 g/mol. The summed E-state index contributed by atoms with van der Waals surface area (Å²) in [5.41, 5.74) is 2.91. The molecule has 2 atom stereocenters. The summed E-state index contributed by atoms with van der Waals surface area (Å²) in [5.74, 6) is 1.41. The van der Waals surface area contributed by atoms with Crippen LogP contribution < -0.4 is 4.90 Å². The Labute approximate surface area is 178 Å². The second kappa shape index (κ2) is 9.56. The van der Waals surface area contributed by atoms with Gasteiger partial charge in [-0.15, -0.1) is 0 Å². The van der Waals surface area contributed by atoms with Crippen LogP contribution in [0.1, 0.15) is 88.1 Å². The van der Waals surface area contributed by atoms with Gasteiger partial charge in [0.05, 0.1) is 4.83 Å². The minimum atomic E-state index is -0.134. The first-order chi connectivity index (χ1) is 13.5. The van der Waals surface area contributed by atoms with E-state index in [0.29, 0.717) is 5.91 Å². The van der Waals surface area contributed by atoms with Crippen LogP contribution in [0, 0.1) is 11.8 Å². The number of alkyl halides is 1. The van der Waals surface area contributed by atoms with E-state index in [1.54, 1.807) is 0 Å². The third-order valence-electron chi connectivity index (χ3n) is 6.62. The van der Waals surface area contributed by atoms with Crippen molar-refractivity contribution in [2.24, 2.45) is 11.8 Å². The lowest BCUT2D eigenvalue weighted by molar-refractivity contribution is -0.123. The molecule has 2 unspecified atom stereocenters. The van der Waals surface area contributed by atoms with Gasteiger partial charge in [-0.3, -0.25) is 9.59 Å². The minimum Gasteiger partial charge on any atom is -0.309 e. The summed E-state index contributed by atoms with van der Waals surface area (Å²) in [6.45, 7) is 6.39. The van der Waals surface area contributed by atoms with E-state index in [4.69, 9.17) is 0 Å². The maximum atomic E-state index is 13.3. The lowest BCUT2D eigenvalue weighted by Crippen LogP contribution is -2.41. The van der Waals surface area contributed by atoms with Crippen LogP contribution in [-0.4, -0.2) is 22.6 Å². The van der Waals surface area contributed by atoms with E-state index in [1.807, 2.05) is 30.0 Å². The smallest absolute Gasteiger partial charge is 0.230 e. The first kappa shape index (κ1) is 21.5. The van der Waals surface area contributed by atoms with Crippen molar-refractivity contribution in [3.05, 3.63) is 29.3 Å². The SMILES string of the molecule is CCCCC1CCC(C(=O)N2c3ccc(C(=O)C(Br)CC)cc3CC2C)CC1. The Morgan fingerprint density at radius 1 is 1.18 bits per heavy atom. The molecular weight excluding hydrogens is 414 g/mol. The Morgan fingerprint density at radius 2 is 1.89 bits per heavy atom. The fourth-order valence-corrected chi connectivity index (χ4v) is 5.14. The summed E-state index contributed by atoms with van der Waals surface area (Å²) in [6, 6.07) is 6.07. The number of ketones is 1. The summed E-state index contributed by atoms with van der Waals surface area (Å²) in [4.78, 5) is 27.7. The molecule has 4 heteroatoms. The van der Waals surface area contributed by atoms with Gasteiger partial charge in [0.15, 0.2) is 5.78 Å². The number of fused-ring (bicyclic) bond motifs is 1. The topological polar surface area (TPSA) is 37.4 Å². The Hall–Kier alpha value is -1.16. The van der Waals surface area contributed by atoms with Crippen LogP contribution in [0.2, 0.25) is 0 Å². The fraction of sp³-hybridized carbons (Fsp3) is 0.667. The normalized spacial score (nSPS) is 25.4. The van der Waals surface area contributed by atoms with Gasteiger partial charge in [-0.05, 0) is 75.1 Å². The number of benzene rings is 1. The number of Topliss-reactive ketones (excluding diaryl/α,β-unsaturated/α-hetero) is 1. The number of rotatable bonds is 7. The van der Waals surface area contributed by atoms with Gasteiger partial charge in [-0.25, -0.2) is 0 Å². The zero-order valence-electron chi connectivity index (χ0n) is 17.5. The molecule has 0 spiro atoms. The quantitative estimate of drug-likeness (QED) is 0.362. The zero-order chi connectivity index (χ0) is 20.3. The molecule has 1 aliphatic carbocycles. The summed E-state index contributed by atoms with van der Waals surface area (Å²) < 4.78 is 0. The molecule has 3 rings (SSSR count). The largest absolute Gasteiger partial charge is 0.309 e. The standard InChI is InChI=1S/C24H34BrNO2/c1-4-6-7-17-8-10-18(11-9-17)24(28)26-16(3)14-20-15-19(12-13-22(20)26)23(27)21(25)5-2/h12-13,15-18,21H,4-11,14H2,1-3H3. The van der Waals surface area contributed by atoms with Crippen molar-refractivity contribution in [2.75, 3.05) is 4.90 Å². The molecule has 1 amide bonds. The zero-order valence-corrected chi connectivity index (χ0v) is 19.1. The molecule has 1 heterocycles. The van der Waals surface area contributed by atoms with E-state index in [2.05, 4.69) is 29.8 Å². The number of carbonyl (C=O) groups excluding carboxylic acids is 2. The molecule has 1 aromatic rings. The second-order valence-electron chi connectivity index (χ2n) is 8.70. The van der Waals surface area contributed by atoms with Crippen molar-refractivity contribution < 1.29 is 9.59 Å². The Balaban J connectivity index is 1.69. The summed E-state index contributed by atoms with van der Waals surface area (Å²) in [5, 5.41) is 0.